The molecule has 0 spiro atoms. The zero-order valence-electron chi connectivity index (χ0n) is 8.45. The summed E-state index contributed by atoms with van der Waals surface area (Å²) >= 11 is 0. The second kappa shape index (κ2) is 3.16. The van der Waals surface area contributed by atoms with Gasteiger partial charge < -0.3 is 0 Å². The van der Waals surface area contributed by atoms with Crippen LogP contribution in [0, 0.1) is 17.7 Å². The molecule has 2 aliphatic rings. The molecule has 1 aromatic rings. The van der Waals surface area contributed by atoms with Gasteiger partial charge in [-0.2, -0.15) is 0 Å². The predicted octanol–water partition coefficient (Wildman–Crippen LogP) is 2.91. The normalized spacial score (nSPS) is 33.7. The van der Waals surface area contributed by atoms with Crippen molar-refractivity contribution in [3.8, 4) is 0 Å². The largest absolute Gasteiger partial charge is 0.299 e. The van der Waals surface area contributed by atoms with E-state index in [1.165, 1.54) is 12.1 Å². The number of hydrogen-bond acceptors (Lipinski definition) is 1. The molecular formula is C13H13FO. The number of hydrogen-bond donors (Lipinski definition) is 0. The topological polar surface area (TPSA) is 17.1 Å². The van der Waals surface area contributed by atoms with Gasteiger partial charge in [0, 0.05) is 11.8 Å². The molecule has 2 aliphatic carbocycles. The molecule has 2 saturated carbocycles. The van der Waals surface area contributed by atoms with Crippen LogP contribution in [0.3, 0.4) is 0 Å². The van der Waals surface area contributed by atoms with Crippen LogP contribution in [0.2, 0.25) is 0 Å². The van der Waals surface area contributed by atoms with E-state index in [9.17, 15) is 9.18 Å². The maximum absolute atomic E-state index is 12.8. The molecule has 0 heterocycles. The molecule has 0 amide bonds. The fourth-order valence-corrected chi connectivity index (χ4v) is 3.15. The molecule has 1 aromatic carbocycles. The van der Waals surface area contributed by atoms with E-state index in [1.807, 2.05) is 12.1 Å². The van der Waals surface area contributed by atoms with E-state index in [0.29, 0.717) is 17.6 Å². The number of carbonyl (C=O) groups is 1. The van der Waals surface area contributed by atoms with Crippen molar-refractivity contribution in [2.45, 2.75) is 25.2 Å². The highest BCUT2D eigenvalue weighted by molar-refractivity contribution is 5.88. The van der Waals surface area contributed by atoms with Gasteiger partial charge in [0.25, 0.3) is 0 Å². The van der Waals surface area contributed by atoms with Crippen molar-refractivity contribution in [2.24, 2.45) is 11.8 Å². The average molecular weight is 204 g/mol. The van der Waals surface area contributed by atoms with Crippen molar-refractivity contribution < 1.29 is 9.18 Å². The van der Waals surface area contributed by atoms with Crippen LogP contribution >= 0.6 is 0 Å². The summed E-state index contributed by atoms with van der Waals surface area (Å²) in [6.45, 7) is 0. The molecule has 2 heteroatoms. The molecule has 0 unspecified atom stereocenters. The monoisotopic (exact) mass is 204 g/mol. The summed E-state index contributed by atoms with van der Waals surface area (Å²) in [6, 6.07) is 6.64. The van der Waals surface area contributed by atoms with E-state index in [4.69, 9.17) is 0 Å². The van der Waals surface area contributed by atoms with Gasteiger partial charge in [0.05, 0.1) is 0 Å². The predicted molar refractivity (Wildman–Crippen MR) is 55.0 cm³/mol. The lowest BCUT2D eigenvalue weighted by atomic mass is 9.83. The van der Waals surface area contributed by atoms with Crippen LogP contribution < -0.4 is 0 Å². The Balaban J connectivity index is 1.90. The molecule has 15 heavy (non-hydrogen) atoms. The van der Waals surface area contributed by atoms with E-state index < -0.39 is 0 Å². The summed E-state index contributed by atoms with van der Waals surface area (Å²) in [7, 11) is 0. The Bertz CT molecular complexity index is 396. The fraction of sp³-hybridized carbons (Fsp3) is 0.462. The maximum atomic E-state index is 12.8. The van der Waals surface area contributed by atoms with Gasteiger partial charge in [-0.15, -0.1) is 0 Å². The first-order chi connectivity index (χ1) is 7.25. The lowest BCUT2D eigenvalue weighted by molar-refractivity contribution is -0.121. The standard InChI is InChI=1S/C13H13FO/c14-10-4-1-8(2-5-10)12-7-9-3-6-11(12)13(9)15/h1-2,4-5,9,11-12H,3,6-7H2/t9-,11+,12-/m1/s1. The molecule has 3 atom stereocenters. The van der Waals surface area contributed by atoms with Gasteiger partial charge in [-0.3, -0.25) is 4.79 Å². The van der Waals surface area contributed by atoms with E-state index in [-0.39, 0.29) is 11.7 Å². The maximum Gasteiger partial charge on any atom is 0.139 e. The van der Waals surface area contributed by atoms with E-state index >= 15 is 0 Å². The highest BCUT2D eigenvalue weighted by atomic mass is 19.1. The third kappa shape index (κ3) is 1.31. The van der Waals surface area contributed by atoms with Crippen molar-refractivity contribution in [3.63, 3.8) is 0 Å². The number of carbonyl (C=O) groups excluding carboxylic acids is 1. The van der Waals surface area contributed by atoms with Crippen LogP contribution in [0.1, 0.15) is 30.7 Å². The van der Waals surface area contributed by atoms with Crippen molar-refractivity contribution in [3.05, 3.63) is 35.6 Å². The lowest BCUT2D eigenvalue weighted by Crippen LogP contribution is -2.10. The van der Waals surface area contributed by atoms with Gasteiger partial charge in [0.15, 0.2) is 0 Å². The first kappa shape index (κ1) is 9.08. The minimum atomic E-state index is -0.201. The van der Waals surface area contributed by atoms with Crippen LogP contribution in [-0.4, -0.2) is 5.78 Å². The Labute approximate surface area is 88.3 Å². The number of fused-ring (bicyclic) bond motifs is 2. The number of Topliss-reactive ketones (excluding diaryl/α,β-unsaturated/α-hetero) is 1. The van der Waals surface area contributed by atoms with Crippen LogP contribution in [0.5, 0.6) is 0 Å². The fourth-order valence-electron chi connectivity index (χ4n) is 3.15. The van der Waals surface area contributed by atoms with Crippen LogP contribution in [0.25, 0.3) is 0 Å². The molecule has 0 aromatic heterocycles. The van der Waals surface area contributed by atoms with E-state index in [1.54, 1.807) is 0 Å². The third-order valence-corrected chi connectivity index (χ3v) is 3.92. The summed E-state index contributed by atoms with van der Waals surface area (Å²) in [6.07, 6.45) is 3.09. The quantitative estimate of drug-likeness (QED) is 0.687. The van der Waals surface area contributed by atoms with Crippen molar-refractivity contribution in [1.82, 2.24) is 0 Å². The van der Waals surface area contributed by atoms with Crippen LogP contribution in [0.4, 0.5) is 4.39 Å². The summed E-state index contributed by atoms with van der Waals surface area (Å²) < 4.78 is 12.8. The molecule has 0 saturated heterocycles. The van der Waals surface area contributed by atoms with Gasteiger partial charge in [-0.05, 0) is 42.9 Å². The molecule has 3 rings (SSSR count). The molecule has 0 radical (unpaired) electrons. The summed E-state index contributed by atoms with van der Waals surface area (Å²) in [4.78, 5) is 11.7. The van der Waals surface area contributed by atoms with Crippen molar-refractivity contribution in [1.29, 1.82) is 0 Å². The average Bonchev–Trinajstić information content (AvgIpc) is 2.75. The third-order valence-electron chi connectivity index (χ3n) is 3.92. The van der Waals surface area contributed by atoms with Gasteiger partial charge in [0.2, 0.25) is 0 Å². The van der Waals surface area contributed by atoms with Gasteiger partial charge in [-0.25, -0.2) is 4.39 Å². The molecule has 0 aliphatic heterocycles. The number of benzene rings is 1. The Morgan fingerprint density at radius 1 is 1.07 bits per heavy atom. The second-order valence-corrected chi connectivity index (χ2v) is 4.68. The first-order valence-electron chi connectivity index (χ1n) is 5.55. The number of halogens is 1. The van der Waals surface area contributed by atoms with E-state index in [0.717, 1.165) is 24.8 Å². The number of rotatable bonds is 1. The summed E-state index contributed by atoms with van der Waals surface area (Å²) in [5, 5.41) is 0. The minimum absolute atomic E-state index is 0.201. The molecule has 78 valence electrons. The Morgan fingerprint density at radius 3 is 2.33 bits per heavy atom. The highest BCUT2D eigenvalue weighted by Gasteiger charge is 2.47. The molecule has 2 fully saturated rings. The van der Waals surface area contributed by atoms with Crippen molar-refractivity contribution >= 4 is 5.78 Å². The molecule has 2 bridgehead atoms. The Morgan fingerprint density at radius 2 is 1.80 bits per heavy atom. The van der Waals surface area contributed by atoms with Crippen LogP contribution in [-0.2, 0) is 4.79 Å². The van der Waals surface area contributed by atoms with Crippen LogP contribution in [0.15, 0.2) is 24.3 Å². The molecular weight excluding hydrogens is 191 g/mol. The second-order valence-electron chi connectivity index (χ2n) is 4.68. The van der Waals surface area contributed by atoms with E-state index in [2.05, 4.69) is 0 Å². The SMILES string of the molecule is O=C1[C@@H]2CC[C@H]1[C@@H](c1ccc(F)cc1)C2. The molecule has 1 nitrogen and oxygen atoms in total. The van der Waals surface area contributed by atoms with Crippen molar-refractivity contribution in [2.75, 3.05) is 0 Å². The minimum Gasteiger partial charge on any atom is -0.299 e. The number of ketones is 1. The van der Waals surface area contributed by atoms with Gasteiger partial charge in [-0.1, -0.05) is 12.1 Å². The van der Waals surface area contributed by atoms with Gasteiger partial charge in [0.1, 0.15) is 11.6 Å². The Hall–Kier alpha value is -1.18. The van der Waals surface area contributed by atoms with Gasteiger partial charge >= 0.3 is 0 Å². The molecule has 0 N–H and O–H groups in total. The zero-order valence-corrected chi connectivity index (χ0v) is 8.45. The first-order valence-corrected chi connectivity index (χ1v) is 5.55. The lowest BCUT2D eigenvalue weighted by Gasteiger charge is -2.20. The smallest absolute Gasteiger partial charge is 0.139 e. The summed E-state index contributed by atoms with van der Waals surface area (Å²) in [5.74, 6) is 1.12. The Kier molecular flexibility index (Phi) is 1.91. The zero-order chi connectivity index (χ0) is 10.4. The summed E-state index contributed by atoms with van der Waals surface area (Å²) in [5.41, 5.74) is 1.14. The highest BCUT2D eigenvalue weighted by Crippen LogP contribution is 2.50.